The summed E-state index contributed by atoms with van der Waals surface area (Å²) in [5.74, 6) is 0. The number of hydrogen-bond acceptors (Lipinski definition) is 3. The van der Waals surface area contributed by atoms with Gasteiger partial charge in [0.05, 0.1) is 11.6 Å². The van der Waals surface area contributed by atoms with Crippen LogP contribution < -0.4 is 10.6 Å². The molecule has 1 saturated carbocycles. The van der Waals surface area contributed by atoms with E-state index in [9.17, 15) is 5.11 Å². The van der Waals surface area contributed by atoms with Crippen LogP contribution in [-0.2, 0) is 12.8 Å². The summed E-state index contributed by atoms with van der Waals surface area (Å²) >= 11 is 0. The molecular weight excluding hydrogens is 461 g/mol. The maximum absolute atomic E-state index is 10.2. The summed E-state index contributed by atoms with van der Waals surface area (Å²) in [5, 5.41) is 18.5. The fourth-order valence-electron chi connectivity index (χ4n) is 5.12. The normalized spacial score (nSPS) is 16.7. The van der Waals surface area contributed by atoms with Crippen molar-refractivity contribution in [3.63, 3.8) is 0 Å². The van der Waals surface area contributed by atoms with Gasteiger partial charge in [-0.3, -0.25) is 0 Å². The lowest BCUT2D eigenvalue weighted by Crippen LogP contribution is -2.28. The Labute approximate surface area is 214 Å². The van der Waals surface area contributed by atoms with Crippen molar-refractivity contribution in [1.82, 2.24) is 4.57 Å². The maximum atomic E-state index is 10.2. The zero-order valence-corrected chi connectivity index (χ0v) is 21.5. The van der Waals surface area contributed by atoms with Crippen molar-refractivity contribution in [2.75, 3.05) is 23.3 Å². The fourth-order valence-corrected chi connectivity index (χ4v) is 5.46. The van der Waals surface area contributed by atoms with Gasteiger partial charge >= 0.3 is 0 Å². The van der Waals surface area contributed by atoms with E-state index in [4.69, 9.17) is 0 Å². The highest BCUT2D eigenvalue weighted by Gasteiger charge is 2.21. The lowest BCUT2D eigenvalue weighted by Gasteiger charge is -2.25. The number of aliphatic hydroxyl groups is 1. The average molecular weight is 494 g/mol. The Morgan fingerprint density at radius 3 is 2.78 bits per heavy atom. The number of nitrogens with zero attached hydrogens (tertiary/aromatic N) is 1. The van der Waals surface area contributed by atoms with Crippen molar-refractivity contribution in [3.8, 4) is 5.69 Å². The SMILES string of the molecule is OC1CNc2cccc(NC(/C=C/c3cc4ccccc4n3-c3cccc(CCP)c3)=C3CC3)c2C1. The molecule has 2 atom stereocenters. The summed E-state index contributed by atoms with van der Waals surface area (Å²) in [7, 11) is 2.83. The van der Waals surface area contributed by atoms with Gasteiger partial charge in [0.1, 0.15) is 0 Å². The largest absolute Gasteiger partial charge is 0.391 e. The van der Waals surface area contributed by atoms with Crippen LogP contribution >= 0.6 is 9.24 Å². The van der Waals surface area contributed by atoms with Gasteiger partial charge in [0.2, 0.25) is 0 Å². The molecule has 0 spiro atoms. The summed E-state index contributed by atoms with van der Waals surface area (Å²) in [6, 6.07) is 26.0. The van der Waals surface area contributed by atoms with E-state index in [1.165, 1.54) is 27.7 Å². The molecular formula is C31H32N3OP. The Kier molecular flexibility index (Phi) is 6.39. The van der Waals surface area contributed by atoms with Crippen LogP contribution in [0.25, 0.3) is 22.7 Å². The zero-order valence-electron chi connectivity index (χ0n) is 20.4. The fraction of sp³-hybridized carbons (Fsp3) is 0.226. The number of benzene rings is 3. The molecule has 2 unspecified atom stereocenters. The maximum Gasteiger partial charge on any atom is 0.0754 e. The first-order chi connectivity index (χ1) is 17.7. The van der Waals surface area contributed by atoms with Crippen LogP contribution in [0.15, 0.2) is 90.1 Å². The van der Waals surface area contributed by atoms with Crippen molar-refractivity contribution in [2.45, 2.75) is 31.8 Å². The molecule has 1 fully saturated rings. The molecule has 36 heavy (non-hydrogen) atoms. The number of β-amino-alcohol motifs (C(OH)–C–C–N with tert-alkyl or cyclic N) is 1. The van der Waals surface area contributed by atoms with Gasteiger partial charge in [-0.15, -0.1) is 9.24 Å². The Balaban J connectivity index is 1.37. The van der Waals surface area contributed by atoms with Gasteiger partial charge in [-0.25, -0.2) is 0 Å². The molecule has 0 radical (unpaired) electrons. The van der Waals surface area contributed by atoms with Crippen LogP contribution in [0.4, 0.5) is 11.4 Å². The minimum absolute atomic E-state index is 0.356. The molecule has 182 valence electrons. The zero-order chi connectivity index (χ0) is 24.5. The summed E-state index contributed by atoms with van der Waals surface area (Å²) in [5.41, 5.74) is 10.9. The summed E-state index contributed by atoms with van der Waals surface area (Å²) in [4.78, 5) is 0. The Morgan fingerprint density at radius 1 is 1.06 bits per heavy atom. The highest BCUT2D eigenvalue weighted by Crippen LogP contribution is 2.36. The van der Waals surface area contributed by atoms with E-state index in [0.717, 1.165) is 53.8 Å². The lowest BCUT2D eigenvalue weighted by atomic mass is 9.99. The van der Waals surface area contributed by atoms with Gasteiger partial charge in [0, 0.05) is 52.4 Å². The number of allylic oxidation sites excluding steroid dienone is 2. The quantitative estimate of drug-likeness (QED) is 0.256. The number of rotatable bonds is 7. The van der Waals surface area contributed by atoms with Gasteiger partial charge < -0.3 is 20.3 Å². The molecule has 2 heterocycles. The molecule has 6 rings (SSSR count). The van der Waals surface area contributed by atoms with Crippen molar-refractivity contribution in [3.05, 3.63) is 107 Å². The molecule has 4 aromatic rings. The first kappa shape index (κ1) is 23.1. The van der Waals surface area contributed by atoms with Crippen molar-refractivity contribution in [2.24, 2.45) is 0 Å². The van der Waals surface area contributed by atoms with E-state index >= 15 is 0 Å². The van der Waals surface area contributed by atoms with E-state index in [1.54, 1.807) is 0 Å². The van der Waals surface area contributed by atoms with Crippen LogP contribution in [0.2, 0.25) is 0 Å². The predicted octanol–water partition coefficient (Wildman–Crippen LogP) is 6.55. The van der Waals surface area contributed by atoms with E-state index in [1.807, 2.05) is 0 Å². The Bertz CT molecular complexity index is 1480. The minimum atomic E-state index is -0.356. The van der Waals surface area contributed by atoms with Crippen LogP contribution in [0, 0.1) is 0 Å². The number of aryl methyl sites for hydroxylation is 1. The number of fused-ring (bicyclic) bond motifs is 2. The monoisotopic (exact) mass is 493 g/mol. The topological polar surface area (TPSA) is 49.2 Å². The van der Waals surface area contributed by atoms with Gasteiger partial charge in [-0.2, -0.15) is 0 Å². The molecule has 3 aromatic carbocycles. The average Bonchev–Trinajstić information content (AvgIpc) is 3.67. The van der Waals surface area contributed by atoms with E-state index in [0.29, 0.717) is 13.0 Å². The highest BCUT2D eigenvalue weighted by atomic mass is 31.0. The van der Waals surface area contributed by atoms with E-state index in [2.05, 4.69) is 109 Å². The number of para-hydroxylation sites is 1. The van der Waals surface area contributed by atoms with Gasteiger partial charge in [-0.05, 0) is 85.1 Å². The number of aliphatic hydroxyl groups excluding tert-OH is 1. The van der Waals surface area contributed by atoms with Crippen molar-refractivity contribution < 1.29 is 5.11 Å². The summed E-state index contributed by atoms with van der Waals surface area (Å²) in [6.45, 7) is 0.604. The second-order valence-electron chi connectivity index (χ2n) is 9.72. The molecule has 0 amide bonds. The second kappa shape index (κ2) is 9.97. The van der Waals surface area contributed by atoms with Gasteiger partial charge in [-0.1, -0.05) is 36.4 Å². The molecule has 1 aromatic heterocycles. The highest BCUT2D eigenvalue weighted by molar-refractivity contribution is 7.16. The molecule has 1 aliphatic heterocycles. The Hall–Kier alpha value is -3.33. The van der Waals surface area contributed by atoms with Gasteiger partial charge in [0.25, 0.3) is 0 Å². The van der Waals surface area contributed by atoms with Crippen molar-refractivity contribution in [1.29, 1.82) is 0 Å². The number of nitrogens with one attached hydrogen (secondary N) is 2. The van der Waals surface area contributed by atoms with Crippen LogP contribution in [0.3, 0.4) is 0 Å². The standard InChI is InChI=1S/C31H32N3OP/c35-26-19-27-29(32-20-26)8-4-9-30(27)33-28(22-11-12-22)14-13-25-18-23-6-1-2-10-31(23)34(25)24-7-3-5-21(17-24)15-16-36/h1-10,13-14,17-18,26,32-33,35H,11-12,15-16,19-20,36H2/b14-13+. The lowest BCUT2D eigenvalue weighted by molar-refractivity contribution is 0.185. The van der Waals surface area contributed by atoms with Crippen LogP contribution in [0.1, 0.15) is 29.7 Å². The second-order valence-corrected chi connectivity index (χ2v) is 10.3. The first-order valence-corrected chi connectivity index (χ1v) is 13.6. The molecule has 2 aliphatic rings. The molecule has 5 heteroatoms. The third-order valence-corrected chi connectivity index (χ3v) is 7.34. The molecule has 0 saturated heterocycles. The van der Waals surface area contributed by atoms with Crippen LogP contribution in [-0.4, -0.2) is 28.5 Å². The molecule has 3 N–H and O–H groups in total. The summed E-state index contributed by atoms with van der Waals surface area (Å²) in [6.07, 6.45) is 9.13. The molecule has 0 bridgehead atoms. The third-order valence-electron chi connectivity index (χ3n) is 7.06. The number of hydrogen-bond donors (Lipinski definition) is 3. The number of anilines is 2. The molecule has 1 aliphatic carbocycles. The smallest absolute Gasteiger partial charge is 0.0754 e. The Morgan fingerprint density at radius 2 is 1.92 bits per heavy atom. The van der Waals surface area contributed by atoms with E-state index < -0.39 is 0 Å². The number of aromatic nitrogens is 1. The van der Waals surface area contributed by atoms with Gasteiger partial charge in [0.15, 0.2) is 0 Å². The van der Waals surface area contributed by atoms with Crippen LogP contribution in [0.5, 0.6) is 0 Å². The third kappa shape index (κ3) is 4.72. The predicted molar refractivity (Wildman–Crippen MR) is 155 cm³/mol. The summed E-state index contributed by atoms with van der Waals surface area (Å²) < 4.78 is 2.36. The van der Waals surface area contributed by atoms with E-state index in [-0.39, 0.29) is 6.10 Å². The van der Waals surface area contributed by atoms with Crippen molar-refractivity contribution >= 4 is 37.6 Å². The molecule has 4 nitrogen and oxygen atoms in total. The first-order valence-electron chi connectivity index (χ1n) is 12.8. The minimum Gasteiger partial charge on any atom is -0.391 e.